The minimum atomic E-state index is -0.563. The first-order valence-electron chi connectivity index (χ1n) is 6.64. The summed E-state index contributed by atoms with van der Waals surface area (Å²) in [5, 5.41) is 22.1. The summed E-state index contributed by atoms with van der Waals surface area (Å²) < 4.78 is 0. The molecule has 0 saturated carbocycles. The molecule has 3 nitrogen and oxygen atoms in total. The van der Waals surface area contributed by atoms with Crippen LogP contribution in [0.15, 0.2) is 48.5 Å². The Morgan fingerprint density at radius 1 is 1.15 bits per heavy atom. The molecule has 3 heteroatoms. The van der Waals surface area contributed by atoms with Gasteiger partial charge in [0.05, 0.1) is 17.7 Å². The second-order valence-corrected chi connectivity index (χ2v) is 4.81. The van der Waals surface area contributed by atoms with E-state index >= 15 is 0 Å². The van der Waals surface area contributed by atoms with Gasteiger partial charge in [-0.2, -0.15) is 5.26 Å². The maximum atomic E-state index is 10.1. The zero-order chi connectivity index (χ0) is 14.4. The summed E-state index contributed by atoms with van der Waals surface area (Å²) in [6, 6.07) is 17.3. The topological polar surface area (TPSA) is 56.0 Å². The van der Waals surface area contributed by atoms with E-state index in [0.717, 1.165) is 12.1 Å². The van der Waals surface area contributed by atoms with Gasteiger partial charge in [-0.1, -0.05) is 36.4 Å². The van der Waals surface area contributed by atoms with Crippen LogP contribution in [0.5, 0.6) is 0 Å². The minimum absolute atomic E-state index is 0.486. The molecule has 0 radical (unpaired) electrons. The normalized spacial score (nSPS) is 11.8. The standard InChI is InChI=1S/C17H18N2O/c1-13-4-2-3-5-16(13)11-19-12-17(20)15-8-6-14(10-18)7-9-15/h2-9,17,19-20H,11-12H2,1H3. The molecule has 0 heterocycles. The second-order valence-electron chi connectivity index (χ2n) is 4.81. The predicted octanol–water partition coefficient (Wildman–Crippen LogP) is 2.69. The molecule has 2 aromatic carbocycles. The third-order valence-electron chi connectivity index (χ3n) is 3.34. The van der Waals surface area contributed by atoms with Crippen molar-refractivity contribution in [1.82, 2.24) is 5.32 Å². The van der Waals surface area contributed by atoms with E-state index in [4.69, 9.17) is 5.26 Å². The number of benzene rings is 2. The van der Waals surface area contributed by atoms with Gasteiger partial charge in [0.15, 0.2) is 0 Å². The van der Waals surface area contributed by atoms with Crippen molar-refractivity contribution in [1.29, 1.82) is 5.26 Å². The van der Waals surface area contributed by atoms with E-state index in [9.17, 15) is 5.11 Å². The molecule has 102 valence electrons. The largest absolute Gasteiger partial charge is 0.387 e. The number of aryl methyl sites for hydroxylation is 1. The van der Waals surface area contributed by atoms with Crippen LogP contribution in [-0.2, 0) is 6.54 Å². The molecule has 0 fully saturated rings. The van der Waals surface area contributed by atoms with Crippen molar-refractivity contribution in [2.24, 2.45) is 0 Å². The van der Waals surface area contributed by atoms with Crippen molar-refractivity contribution >= 4 is 0 Å². The van der Waals surface area contributed by atoms with Crippen molar-refractivity contribution in [2.45, 2.75) is 19.6 Å². The molecule has 0 aliphatic carbocycles. The fourth-order valence-electron chi connectivity index (χ4n) is 2.05. The summed E-state index contributed by atoms with van der Waals surface area (Å²) in [7, 11) is 0. The Hall–Kier alpha value is -2.15. The lowest BCUT2D eigenvalue weighted by Gasteiger charge is -2.13. The van der Waals surface area contributed by atoms with Crippen LogP contribution in [0.2, 0.25) is 0 Å². The van der Waals surface area contributed by atoms with E-state index in [1.165, 1.54) is 11.1 Å². The molecule has 0 aliphatic rings. The van der Waals surface area contributed by atoms with Crippen LogP contribution in [0, 0.1) is 18.3 Å². The van der Waals surface area contributed by atoms with Crippen LogP contribution in [0.25, 0.3) is 0 Å². The first-order chi connectivity index (χ1) is 9.70. The molecule has 0 amide bonds. The zero-order valence-corrected chi connectivity index (χ0v) is 11.5. The van der Waals surface area contributed by atoms with Crippen LogP contribution in [-0.4, -0.2) is 11.7 Å². The summed E-state index contributed by atoms with van der Waals surface area (Å²) in [4.78, 5) is 0. The van der Waals surface area contributed by atoms with Gasteiger partial charge >= 0.3 is 0 Å². The molecule has 20 heavy (non-hydrogen) atoms. The molecule has 0 aromatic heterocycles. The highest BCUT2D eigenvalue weighted by molar-refractivity contribution is 5.32. The summed E-state index contributed by atoms with van der Waals surface area (Å²) in [5.41, 5.74) is 3.91. The van der Waals surface area contributed by atoms with Crippen LogP contribution in [0.4, 0.5) is 0 Å². The first-order valence-corrected chi connectivity index (χ1v) is 6.64. The van der Waals surface area contributed by atoms with Crippen LogP contribution in [0.3, 0.4) is 0 Å². The molecular weight excluding hydrogens is 248 g/mol. The maximum absolute atomic E-state index is 10.1. The number of hydrogen-bond acceptors (Lipinski definition) is 3. The molecule has 0 saturated heterocycles. The van der Waals surface area contributed by atoms with Crippen LogP contribution in [0.1, 0.15) is 28.4 Å². The highest BCUT2D eigenvalue weighted by Gasteiger charge is 2.07. The Labute approximate surface area is 119 Å². The van der Waals surface area contributed by atoms with Gasteiger partial charge in [-0.3, -0.25) is 0 Å². The Morgan fingerprint density at radius 2 is 1.85 bits per heavy atom. The van der Waals surface area contributed by atoms with Crippen molar-refractivity contribution in [3.63, 3.8) is 0 Å². The van der Waals surface area contributed by atoms with Gasteiger partial charge in [-0.15, -0.1) is 0 Å². The van der Waals surface area contributed by atoms with Crippen LogP contribution >= 0.6 is 0 Å². The lowest BCUT2D eigenvalue weighted by molar-refractivity contribution is 0.174. The number of rotatable bonds is 5. The summed E-state index contributed by atoms with van der Waals surface area (Å²) in [5.74, 6) is 0. The number of nitrogens with zero attached hydrogens (tertiary/aromatic N) is 1. The van der Waals surface area contributed by atoms with Crippen molar-refractivity contribution < 1.29 is 5.11 Å². The fraction of sp³-hybridized carbons (Fsp3) is 0.235. The SMILES string of the molecule is Cc1ccccc1CNCC(O)c1ccc(C#N)cc1. The van der Waals surface area contributed by atoms with Crippen molar-refractivity contribution in [2.75, 3.05) is 6.54 Å². The van der Waals surface area contributed by atoms with E-state index in [0.29, 0.717) is 12.1 Å². The van der Waals surface area contributed by atoms with Crippen molar-refractivity contribution in [3.05, 3.63) is 70.8 Å². The van der Waals surface area contributed by atoms with Gasteiger partial charge in [0.25, 0.3) is 0 Å². The highest BCUT2D eigenvalue weighted by Crippen LogP contribution is 2.13. The van der Waals surface area contributed by atoms with E-state index in [1.54, 1.807) is 24.3 Å². The van der Waals surface area contributed by atoms with Crippen molar-refractivity contribution in [3.8, 4) is 6.07 Å². The van der Waals surface area contributed by atoms with E-state index in [1.807, 2.05) is 12.1 Å². The van der Waals surface area contributed by atoms with E-state index < -0.39 is 6.10 Å². The fourth-order valence-corrected chi connectivity index (χ4v) is 2.05. The van der Waals surface area contributed by atoms with E-state index in [-0.39, 0.29) is 0 Å². The molecule has 0 aliphatic heterocycles. The first kappa shape index (κ1) is 14.3. The average molecular weight is 266 g/mol. The Bertz CT molecular complexity index is 599. The number of nitriles is 1. The number of aliphatic hydroxyl groups excluding tert-OH is 1. The number of aliphatic hydroxyl groups is 1. The maximum Gasteiger partial charge on any atom is 0.0991 e. The average Bonchev–Trinajstić information content (AvgIpc) is 2.49. The Morgan fingerprint density at radius 3 is 2.50 bits per heavy atom. The van der Waals surface area contributed by atoms with Gasteiger partial charge in [0.2, 0.25) is 0 Å². The number of hydrogen-bond donors (Lipinski definition) is 2. The van der Waals surface area contributed by atoms with Gasteiger partial charge in [0, 0.05) is 13.1 Å². The molecule has 0 bridgehead atoms. The zero-order valence-electron chi connectivity index (χ0n) is 11.5. The molecule has 2 N–H and O–H groups in total. The van der Waals surface area contributed by atoms with Gasteiger partial charge < -0.3 is 10.4 Å². The van der Waals surface area contributed by atoms with Gasteiger partial charge in [-0.25, -0.2) is 0 Å². The monoisotopic (exact) mass is 266 g/mol. The quantitative estimate of drug-likeness (QED) is 0.874. The highest BCUT2D eigenvalue weighted by atomic mass is 16.3. The van der Waals surface area contributed by atoms with Gasteiger partial charge in [0.1, 0.15) is 0 Å². The Kier molecular flexibility index (Phi) is 4.89. The Balaban J connectivity index is 1.87. The molecule has 0 spiro atoms. The molecule has 1 atom stereocenters. The molecule has 2 aromatic rings. The molecule has 2 rings (SSSR count). The smallest absolute Gasteiger partial charge is 0.0991 e. The minimum Gasteiger partial charge on any atom is -0.387 e. The van der Waals surface area contributed by atoms with E-state index in [2.05, 4.69) is 30.4 Å². The lowest BCUT2D eigenvalue weighted by Crippen LogP contribution is -2.21. The second kappa shape index (κ2) is 6.85. The van der Waals surface area contributed by atoms with Crippen LogP contribution < -0.4 is 5.32 Å². The third-order valence-corrected chi connectivity index (χ3v) is 3.34. The summed E-state index contributed by atoms with van der Waals surface area (Å²) in [6.45, 7) is 3.30. The lowest BCUT2D eigenvalue weighted by atomic mass is 10.1. The third kappa shape index (κ3) is 3.67. The number of nitrogens with one attached hydrogen (secondary N) is 1. The molecule has 1 unspecified atom stereocenters. The molecular formula is C17H18N2O. The summed E-state index contributed by atoms with van der Waals surface area (Å²) in [6.07, 6.45) is -0.563. The van der Waals surface area contributed by atoms with Gasteiger partial charge in [-0.05, 0) is 35.7 Å². The predicted molar refractivity (Wildman–Crippen MR) is 79.0 cm³/mol. The summed E-state index contributed by atoms with van der Waals surface area (Å²) >= 11 is 0.